The van der Waals surface area contributed by atoms with Gasteiger partial charge in [0.15, 0.2) is 0 Å². The van der Waals surface area contributed by atoms with Gasteiger partial charge in [-0.3, -0.25) is 4.79 Å². The number of halogens is 8. The van der Waals surface area contributed by atoms with Crippen LogP contribution < -0.4 is 16.2 Å². The predicted octanol–water partition coefficient (Wildman–Crippen LogP) is 7.47. The zero-order valence-corrected chi connectivity index (χ0v) is 31.2. The highest BCUT2D eigenvalue weighted by Crippen LogP contribution is 2.40. The Morgan fingerprint density at radius 3 is 1.44 bits per heavy atom. The molecule has 2 aliphatic heterocycles. The van der Waals surface area contributed by atoms with E-state index < -0.39 is 80.8 Å². The molecule has 6 rings (SSSR count). The first-order valence-electron chi connectivity index (χ1n) is 16.6. The molecule has 0 saturated carbocycles. The Morgan fingerprint density at radius 2 is 1.04 bits per heavy atom. The Hall–Kier alpha value is -3.55. The highest BCUT2D eigenvalue weighted by atomic mass is 35.5. The number of aromatic nitrogens is 1. The molecule has 3 heterocycles. The number of H-pyrrole nitrogens is 1. The molecule has 0 bridgehead atoms. The summed E-state index contributed by atoms with van der Waals surface area (Å²) >= 11 is 12.4. The number of rotatable bonds is 9. The molecule has 3 aromatic carbocycles. The van der Waals surface area contributed by atoms with Crippen LogP contribution in [0.3, 0.4) is 0 Å². The number of aromatic amines is 1. The molecule has 0 amide bonds. The van der Waals surface area contributed by atoms with Crippen molar-refractivity contribution in [1.82, 2.24) is 13.6 Å². The molecule has 1 aromatic heterocycles. The summed E-state index contributed by atoms with van der Waals surface area (Å²) in [5.41, 5.74) is -8.10. The van der Waals surface area contributed by atoms with Gasteiger partial charge in [0.25, 0.3) is 5.56 Å². The van der Waals surface area contributed by atoms with E-state index in [1.54, 1.807) is 30.3 Å². The van der Waals surface area contributed by atoms with Crippen LogP contribution in [-0.2, 0) is 20.0 Å². The zero-order chi connectivity index (χ0) is 39.2. The van der Waals surface area contributed by atoms with Crippen LogP contribution in [0.2, 0.25) is 10.0 Å². The molecule has 292 valence electrons. The molecule has 0 radical (unpaired) electrons. The highest BCUT2D eigenvalue weighted by Gasteiger charge is 2.51. The lowest BCUT2D eigenvalue weighted by atomic mass is 9.84. The molecule has 10 nitrogen and oxygen atoms in total. The third-order valence-electron chi connectivity index (χ3n) is 9.61. The van der Waals surface area contributed by atoms with Crippen molar-refractivity contribution in [3.05, 3.63) is 104 Å². The average molecular weight is 841 g/mol. The summed E-state index contributed by atoms with van der Waals surface area (Å²) in [6.45, 7) is -1.61. The maximum absolute atomic E-state index is 13.3. The van der Waals surface area contributed by atoms with Crippen molar-refractivity contribution in [2.75, 3.05) is 36.8 Å². The van der Waals surface area contributed by atoms with Gasteiger partial charge in [0.05, 0.1) is 11.2 Å². The number of nitrogens with zero attached hydrogens (tertiary/aromatic N) is 2. The number of hydrogen-bond acceptors (Lipinski definition) is 7. The second-order valence-electron chi connectivity index (χ2n) is 13.1. The maximum atomic E-state index is 13.3. The van der Waals surface area contributed by atoms with E-state index in [1.165, 1.54) is 6.07 Å². The van der Waals surface area contributed by atoms with Crippen molar-refractivity contribution in [1.29, 1.82) is 0 Å². The summed E-state index contributed by atoms with van der Waals surface area (Å²) in [4.78, 5) is 15.9. The van der Waals surface area contributed by atoms with Crippen LogP contribution in [0.1, 0.15) is 48.3 Å². The zero-order valence-electron chi connectivity index (χ0n) is 28.0. The Morgan fingerprint density at radius 1 is 0.630 bits per heavy atom. The number of alkyl halides is 6. The van der Waals surface area contributed by atoms with Crippen LogP contribution in [0.15, 0.2) is 71.5 Å². The van der Waals surface area contributed by atoms with Crippen LogP contribution in [0.5, 0.6) is 0 Å². The van der Waals surface area contributed by atoms with Gasteiger partial charge in [-0.25, -0.2) is 16.8 Å². The largest absolute Gasteiger partial charge is 0.511 e. The maximum Gasteiger partial charge on any atom is 0.511 e. The van der Waals surface area contributed by atoms with E-state index in [0.717, 1.165) is 11.1 Å². The summed E-state index contributed by atoms with van der Waals surface area (Å²) in [6.07, 6.45) is 0.0405. The van der Waals surface area contributed by atoms with Gasteiger partial charge in [0.2, 0.25) is 0 Å². The van der Waals surface area contributed by atoms with Gasteiger partial charge < -0.3 is 15.6 Å². The topological polar surface area (TPSA) is 132 Å². The van der Waals surface area contributed by atoms with Crippen LogP contribution in [0.25, 0.3) is 10.9 Å². The minimum Gasteiger partial charge on any atom is -0.382 e. The third kappa shape index (κ3) is 8.33. The molecule has 54 heavy (non-hydrogen) atoms. The van der Waals surface area contributed by atoms with E-state index in [2.05, 4.69) is 15.6 Å². The number of anilines is 2. The van der Waals surface area contributed by atoms with Gasteiger partial charge in [-0.2, -0.15) is 35.0 Å². The number of pyridine rings is 1. The van der Waals surface area contributed by atoms with Crippen molar-refractivity contribution in [3.8, 4) is 0 Å². The summed E-state index contributed by atoms with van der Waals surface area (Å²) in [7, 11) is -11.0. The van der Waals surface area contributed by atoms with Crippen molar-refractivity contribution in [2.45, 2.75) is 54.7 Å². The van der Waals surface area contributed by atoms with Crippen molar-refractivity contribution in [3.63, 3.8) is 0 Å². The van der Waals surface area contributed by atoms with E-state index in [-0.39, 0.29) is 25.7 Å². The Balaban J connectivity index is 1.41. The standard InChI is InChI=1S/C34H33Cl2F6N5O5S2/c35-23-5-1-20(2-6-23)31(21-3-7-24(36)8-4-21)22-17-27-28(43-25-9-13-46(14-10-25)53(49,50)33(37,38)39)19-30(48)45-32(27)29(18-22)44-26-11-15-47(16-12-26)54(51,52)34(40,41)42/h1-8,17-19,25-26,31,44H,9-16H2,(H2,43,45,48). The minimum atomic E-state index is -5.52. The molecule has 20 heteroatoms. The molecule has 2 saturated heterocycles. The van der Waals surface area contributed by atoms with Gasteiger partial charge in [-0.15, -0.1) is 0 Å². The van der Waals surface area contributed by atoms with Crippen LogP contribution in [-0.4, -0.2) is 79.7 Å². The summed E-state index contributed by atoms with van der Waals surface area (Å²) < 4.78 is 128. The van der Waals surface area contributed by atoms with Crippen molar-refractivity contribution in [2.24, 2.45) is 0 Å². The van der Waals surface area contributed by atoms with Gasteiger partial charge in [0, 0.05) is 71.4 Å². The molecule has 0 aliphatic carbocycles. The van der Waals surface area contributed by atoms with E-state index in [1.807, 2.05) is 30.3 Å². The quantitative estimate of drug-likeness (QED) is 0.118. The molecule has 0 atom stereocenters. The number of piperidine rings is 2. The fourth-order valence-electron chi connectivity index (χ4n) is 6.88. The fraction of sp³-hybridized carbons (Fsp3) is 0.382. The smallest absolute Gasteiger partial charge is 0.382 e. The lowest BCUT2D eigenvalue weighted by Gasteiger charge is -2.33. The molecular formula is C34H33Cl2F6N5O5S2. The minimum absolute atomic E-state index is 0.00593. The lowest BCUT2D eigenvalue weighted by molar-refractivity contribution is -0.0499. The first-order chi connectivity index (χ1) is 25.2. The van der Waals surface area contributed by atoms with Crippen molar-refractivity contribution < 1.29 is 43.2 Å². The summed E-state index contributed by atoms with van der Waals surface area (Å²) in [6, 6.07) is 18.1. The van der Waals surface area contributed by atoms with Crippen molar-refractivity contribution >= 4 is 65.5 Å². The van der Waals surface area contributed by atoms with E-state index >= 15 is 0 Å². The second-order valence-corrected chi connectivity index (χ2v) is 17.8. The van der Waals surface area contributed by atoms with E-state index in [4.69, 9.17) is 23.2 Å². The molecule has 2 fully saturated rings. The number of nitrogens with one attached hydrogen (secondary N) is 3. The Kier molecular flexibility index (Phi) is 11.3. The van der Waals surface area contributed by atoms with Gasteiger partial charge in [-0.1, -0.05) is 47.5 Å². The number of hydrogen-bond donors (Lipinski definition) is 3. The summed E-state index contributed by atoms with van der Waals surface area (Å²) in [5.74, 6) is -0.459. The lowest BCUT2D eigenvalue weighted by Crippen LogP contribution is -2.47. The first kappa shape index (κ1) is 40.1. The van der Waals surface area contributed by atoms with E-state index in [0.29, 0.717) is 46.5 Å². The fourth-order valence-corrected chi connectivity index (χ4v) is 9.10. The number of benzene rings is 3. The SMILES string of the molecule is O=c1cc(NC2CCN(S(=O)(=O)C(F)(F)F)CC2)c2cc(C(c3ccc(Cl)cc3)c3ccc(Cl)cc3)cc(NC3CCN(S(=O)(=O)C(F)(F)F)CC3)c2[nH]1. The Bertz CT molecular complexity index is 2230. The first-order valence-corrected chi connectivity index (χ1v) is 20.3. The molecule has 3 N–H and O–H groups in total. The van der Waals surface area contributed by atoms with Gasteiger partial charge in [-0.05, 0) is 78.8 Å². The molecule has 0 unspecified atom stereocenters. The molecule has 0 spiro atoms. The predicted molar refractivity (Wildman–Crippen MR) is 195 cm³/mol. The molecule has 2 aliphatic rings. The van der Waals surface area contributed by atoms with Crippen LogP contribution >= 0.6 is 23.2 Å². The van der Waals surface area contributed by atoms with Crippen LogP contribution in [0.4, 0.5) is 37.7 Å². The molecular weight excluding hydrogens is 807 g/mol. The highest BCUT2D eigenvalue weighted by molar-refractivity contribution is 7.90. The number of fused-ring (bicyclic) bond motifs is 1. The normalized spacial score (nSPS) is 17.6. The van der Waals surface area contributed by atoms with Gasteiger partial charge in [0.1, 0.15) is 0 Å². The average Bonchev–Trinajstić information content (AvgIpc) is 3.10. The van der Waals surface area contributed by atoms with Crippen LogP contribution in [0, 0.1) is 0 Å². The second kappa shape index (κ2) is 15.2. The Labute approximate surface area is 316 Å². The number of sulfonamides is 2. The summed E-state index contributed by atoms with van der Waals surface area (Å²) in [5, 5.41) is 8.02. The van der Waals surface area contributed by atoms with Gasteiger partial charge >= 0.3 is 31.1 Å². The molecule has 4 aromatic rings. The third-order valence-corrected chi connectivity index (χ3v) is 13.4. The monoisotopic (exact) mass is 839 g/mol. The van der Waals surface area contributed by atoms with E-state index in [9.17, 15) is 48.0 Å².